The summed E-state index contributed by atoms with van der Waals surface area (Å²) < 4.78 is 0. The predicted octanol–water partition coefficient (Wildman–Crippen LogP) is 4.98. The van der Waals surface area contributed by atoms with E-state index in [0.29, 0.717) is 50.5 Å². The van der Waals surface area contributed by atoms with Crippen LogP contribution >= 0.6 is 34.8 Å². The number of amides is 1. The molecule has 1 aliphatic rings. The lowest BCUT2D eigenvalue weighted by atomic mass is 9.95. The van der Waals surface area contributed by atoms with E-state index < -0.39 is 6.04 Å². The van der Waals surface area contributed by atoms with Crippen molar-refractivity contribution in [2.75, 3.05) is 13.2 Å². The number of H-pyrrole nitrogens is 1. The second-order valence-electron chi connectivity index (χ2n) is 7.13. The average molecular weight is 467 g/mol. The van der Waals surface area contributed by atoms with E-state index in [4.69, 9.17) is 34.8 Å². The Morgan fingerprint density at radius 3 is 2.60 bits per heavy atom. The Morgan fingerprint density at radius 1 is 1.13 bits per heavy atom. The third-order valence-corrected chi connectivity index (χ3v) is 6.36. The van der Waals surface area contributed by atoms with Gasteiger partial charge in [0.1, 0.15) is 17.1 Å². The highest BCUT2D eigenvalue weighted by Gasteiger charge is 2.42. The van der Waals surface area contributed by atoms with Crippen molar-refractivity contribution < 1.29 is 15.0 Å². The number of aromatic amines is 1. The van der Waals surface area contributed by atoms with E-state index in [1.54, 1.807) is 42.2 Å². The largest absolute Gasteiger partial charge is 0.507 e. The van der Waals surface area contributed by atoms with E-state index in [1.165, 1.54) is 0 Å². The number of benzene rings is 2. The lowest BCUT2D eigenvalue weighted by Gasteiger charge is -2.26. The molecule has 1 aliphatic heterocycles. The highest BCUT2D eigenvalue weighted by atomic mass is 35.5. The number of nitrogens with zero attached hydrogens (tertiary/aromatic N) is 2. The van der Waals surface area contributed by atoms with E-state index in [9.17, 15) is 15.0 Å². The molecule has 1 atom stereocenters. The maximum atomic E-state index is 13.1. The van der Waals surface area contributed by atoms with Crippen LogP contribution in [-0.4, -0.2) is 44.4 Å². The van der Waals surface area contributed by atoms with Crippen molar-refractivity contribution >= 4 is 40.7 Å². The van der Waals surface area contributed by atoms with Gasteiger partial charge in [0.2, 0.25) is 0 Å². The van der Waals surface area contributed by atoms with E-state index in [-0.39, 0.29) is 18.3 Å². The van der Waals surface area contributed by atoms with Gasteiger partial charge < -0.3 is 15.1 Å². The van der Waals surface area contributed by atoms with E-state index >= 15 is 0 Å². The molecule has 3 N–H and O–H groups in total. The standard InChI is InChI=1S/C21H18Cl3N3O3/c1-10-7-16(29)12(9-14(10)23)18-17-19(26-25-18)21(30)27(5-2-6-28)20(17)11-3-4-13(22)15(24)8-11/h3-4,7-9,20,28-29H,2,5-6H2,1H3,(H,25,26)/t20-/m1/s1. The van der Waals surface area contributed by atoms with Crippen molar-refractivity contribution in [2.45, 2.75) is 19.4 Å². The van der Waals surface area contributed by atoms with Crippen LogP contribution in [0.3, 0.4) is 0 Å². The van der Waals surface area contributed by atoms with Crippen LogP contribution in [0.15, 0.2) is 30.3 Å². The summed E-state index contributed by atoms with van der Waals surface area (Å²) >= 11 is 18.6. The number of aromatic nitrogens is 2. The normalized spacial score (nSPS) is 15.7. The van der Waals surface area contributed by atoms with Crippen molar-refractivity contribution in [1.29, 1.82) is 0 Å². The van der Waals surface area contributed by atoms with E-state index in [1.807, 2.05) is 0 Å². The topological polar surface area (TPSA) is 89.5 Å². The zero-order valence-electron chi connectivity index (χ0n) is 15.9. The molecule has 0 saturated heterocycles. The van der Waals surface area contributed by atoms with Crippen molar-refractivity contribution in [1.82, 2.24) is 15.1 Å². The number of carbonyl (C=O) groups excluding carboxylic acids is 1. The fraction of sp³-hybridized carbons (Fsp3) is 0.238. The molecular formula is C21H18Cl3N3O3. The van der Waals surface area contributed by atoms with E-state index in [0.717, 1.165) is 11.1 Å². The summed E-state index contributed by atoms with van der Waals surface area (Å²) in [7, 11) is 0. The number of aryl methyl sites for hydroxylation is 1. The first kappa shape index (κ1) is 21.0. The second-order valence-corrected chi connectivity index (χ2v) is 8.35. The Morgan fingerprint density at radius 2 is 1.90 bits per heavy atom. The Balaban J connectivity index is 1.91. The number of phenols is 1. The first-order valence-electron chi connectivity index (χ1n) is 9.28. The Kier molecular flexibility index (Phi) is 5.68. The maximum absolute atomic E-state index is 13.1. The third-order valence-electron chi connectivity index (χ3n) is 5.21. The zero-order valence-corrected chi connectivity index (χ0v) is 18.2. The third kappa shape index (κ3) is 3.44. The van der Waals surface area contributed by atoms with Gasteiger partial charge in [-0.1, -0.05) is 40.9 Å². The van der Waals surface area contributed by atoms with Gasteiger partial charge in [-0.2, -0.15) is 5.10 Å². The number of rotatable bonds is 5. The highest BCUT2D eigenvalue weighted by molar-refractivity contribution is 6.42. The molecule has 0 aliphatic carbocycles. The fourth-order valence-corrected chi connectivity index (χ4v) is 4.23. The summed E-state index contributed by atoms with van der Waals surface area (Å²) in [4.78, 5) is 14.8. The summed E-state index contributed by atoms with van der Waals surface area (Å²) in [5.41, 5.74) is 3.27. The molecule has 2 aromatic carbocycles. The van der Waals surface area contributed by atoms with E-state index in [2.05, 4.69) is 10.2 Å². The molecule has 3 aromatic rings. The molecule has 9 heteroatoms. The number of carbonyl (C=O) groups is 1. The first-order chi connectivity index (χ1) is 14.3. The van der Waals surface area contributed by atoms with Gasteiger partial charge in [-0.3, -0.25) is 9.89 Å². The molecule has 30 heavy (non-hydrogen) atoms. The van der Waals surface area contributed by atoms with Crippen LogP contribution in [0.2, 0.25) is 15.1 Å². The van der Waals surface area contributed by atoms with Crippen molar-refractivity contribution in [3.8, 4) is 17.0 Å². The maximum Gasteiger partial charge on any atom is 0.273 e. The number of halogens is 3. The van der Waals surface area contributed by atoms with Crippen LogP contribution in [0.1, 0.15) is 39.6 Å². The van der Waals surface area contributed by atoms with Crippen LogP contribution in [0.25, 0.3) is 11.3 Å². The summed E-state index contributed by atoms with van der Waals surface area (Å²) in [6.45, 7) is 2.08. The minimum absolute atomic E-state index is 0.0142. The number of nitrogens with one attached hydrogen (secondary N) is 1. The lowest BCUT2D eigenvalue weighted by molar-refractivity contribution is 0.0732. The fourth-order valence-electron chi connectivity index (χ4n) is 3.76. The van der Waals surface area contributed by atoms with Crippen LogP contribution in [-0.2, 0) is 0 Å². The number of hydrogen-bond donors (Lipinski definition) is 3. The smallest absolute Gasteiger partial charge is 0.273 e. The van der Waals surface area contributed by atoms with Gasteiger partial charge >= 0.3 is 0 Å². The molecule has 0 spiro atoms. The summed E-state index contributed by atoms with van der Waals surface area (Å²) in [5.74, 6) is -0.230. The van der Waals surface area contributed by atoms with Crippen molar-refractivity contribution in [3.63, 3.8) is 0 Å². The summed E-state index contributed by atoms with van der Waals surface area (Å²) in [6.07, 6.45) is 0.415. The number of hydrogen-bond acceptors (Lipinski definition) is 4. The monoisotopic (exact) mass is 465 g/mol. The Hall–Kier alpha value is -2.25. The predicted molar refractivity (Wildman–Crippen MR) is 116 cm³/mol. The number of fused-ring (bicyclic) bond motifs is 1. The molecule has 0 saturated carbocycles. The van der Waals surface area contributed by atoms with Gasteiger partial charge in [-0.25, -0.2) is 0 Å². The molecule has 1 amide bonds. The van der Waals surface area contributed by atoms with Crippen LogP contribution in [0, 0.1) is 6.92 Å². The molecule has 0 fully saturated rings. The molecule has 1 aromatic heterocycles. The van der Waals surface area contributed by atoms with Gasteiger partial charge in [0.15, 0.2) is 0 Å². The Labute approximate surface area is 188 Å². The zero-order chi connectivity index (χ0) is 21.6. The second kappa shape index (κ2) is 8.12. The van der Waals surface area contributed by atoms with Gasteiger partial charge in [0, 0.05) is 29.3 Å². The minimum atomic E-state index is -0.512. The molecule has 0 bridgehead atoms. The number of aliphatic hydroxyl groups excluding tert-OH is 1. The molecule has 4 rings (SSSR count). The highest BCUT2D eigenvalue weighted by Crippen LogP contribution is 2.46. The van der Waals surface area contributed by atoms with Crippen molar-refractivity contribution in [2.24, 2.45) is 0 Å². The summed E-state index contributed by atoms with van der Waals surface area (Å²) in [5, 5.41) is 28.2. The Bertz CT molecular complexity index is 1150. The van der Waals surface area contributed by atoms with Gasteiger partial charge in [-0.05, 0) is 48.7 Å². The number of aliphatic hydroxyl groups is 1. The van der Waals surface area contributed by atoms with Gasteiger partial charge in [0.25, 0.3) is 5.91 Å². The number of aromatic hydroxyl groups is 1. The number of phenolic OH excluding ortho intramolecular Hbond substituents is 1. The molecule has 2 heterocycles. The molecule has 0 radical (unpaired) electrons. The molecule has 156 valence electrons. The summed E-state index contributed by atoms with van der Waals surface area (Å²) in [6, 6.07) is 7.87. The minimum Gasteiger partial charge on any atom is -0.507 e. The van der Waals surface area contributed by atoms with Crippen LogP contribution < -0.4 is 0 Å². The SMILES string of the molecule is Cc1cc(O)c(-c2n[nH]c3c2[C@@H](c2ccc(Cl)c(Cl)c2)N(CCCO)C3=O)cc1Cl. The lowest BCUT2D eigenvalue weighted by Crippen LogP contribution is -2.31. The van der Waals surface area contributed by atoms with Gasteiger partial charge in [0.05, 0.1) is 16.1 Å². The van der Waals surface area contributed by atoms with Crippen LogP contribution in [0.4, 0.5) is 0 Å². The quantitative estimate of drug-likeness (QED) is 0.495. The van der Waals surface area contributed by atoms with Crippen LogP contribution in [0.5, 0.6) is 5.75 Å². The molecule has 0 unspecified atom stereocenters. The molecule has 6 nitrogen and oxygen atoms in total. The first-order valence-corrected chi connectivity index (χ1v) is 10.4. The molecular weight excluding hydrogens is 449 g/mol. The average Bonchev–Trinajstić information content (AvgIpc) is 3.24. The van der Waals surface area contributed by atoms with Crippen molar-refractivity contribution in [3.05, 3.63) is 67.8 Å². The van der Waals surface area contributed by atoms with Gasteiger partial charge in [-0.15, -0.1) is 0 Å².